The summed E-state index contributed by atoms with van der Waals surface area (Å²) in [4.78, 5) is 8.10. The van der Waals surface area contributed by atoms with Crippen LogP contribution < -0.4 is 10.7 Å². The van der Waals surface area contributed by atoms with Crippen LogP contribution in [0.3, 0.4) is 0 Å². The Morgan fingerprint density at radius 2 is 2.50 bits per heavy atom. The van der Waals surface area contributed by atoms with Gasteiger partial charge in [0.05, 0.1) is 6.20 Å². The number of pyridine rings is 1. The Bertz CT molecular complexity index is 152. The van der Waals surface area contributed by atoms with E-state index < -0.39 is 0 Å². The molecule has 0 saturated heterocycles. The summed E-state index contributed by atoms with van der Waals surface area (Å²) in [5, 5.41) is 0. The predicted octanol–water partition coefficient (Wildman–Crippen LogP) is 0.334. The molecule has 1 rings (SSSR count). The summed E-state index contributed by atoms with van der Waals surface area (Å²) in [6.45, 7) is 0. The van der Waals surface area contributed by atoms with Gasteiger partial charge in [-0.15, -0.1) is 0 Å². The first kappa shape index (κ1) is 5.05. The van der Waals surface area contributed by atoms with Crippen molar-refractivity contribution in [2.24, 2.45) is 5.90 Å². The van der Waals surface area contributed by atoms with Crippen molar-refractivity contribution < 1.29 is 4.84 Å². The number of aromatic nitrogens is 1. The zero-order valence-electron chi connectivity index (χ0n) is 4.24. The van der Waals surface area contributed by atoms with Gasteiger partial charge in [0.1, 0.15) is 0 Å². The molecule has 0 aromatic carbocycles. The fraction of sp³-hybridized carbons (Fsp3) is 0. The van der Waals surface area contributed by atoms with Crippen molar-refractivity contribution in [3.05, 3.63) is 24.5 Å². The van der Waals surface area contributed by atoms with Crippen LogP contribution in [0.15, 0.2) is 24.5 Å². The van der Waals surface area contributed by atoms with Crippen LogP contribution in [0.1, 0.15) is 0 Å². The van der Waals surface area contributed by atoms with Gasteiger partial charge in [0.15, 0.2) is 5.75 Å². The van der Waals surface area contributed by atoms with Crippen molar-refractivity contribution in [3.8, 4) is 5.75 Å². The maximum Gasteiger partial charge on any atom is 0.165 e. The van der Waals surface area contributed by atoms with Gasteiger partial charge in [0.2, 0.25) is 0 Å². The normalized spacial score (nSPS) is 8.62. The zero-order chi connectivity index (χ0) is 5.82. The molecule has 1 heterocycles. The lowest BCUT2D eigenvalue weighted by molar-refractivity contribution is 0.333. The Balaban J connectivity index is 2.83. The first-order chi connectivity index (χ1) is 3.93. The van der Waals surface area contributed by atoms with E-state index in [0.29, 0.717) is 5.75 Å². The van der Waals surface area contributed by atoms with Gasteiger partial charge in [0.25, 0.3) is 0 Å². The van der Waals surface area contributed by atoms with Gasteiger partial charge < -0.3 is 4.84 Å². The Labute approximate surface area is 47.1 Å². The molecule has 1 aromatic heterocycles. The first-order valence-corrected chi connectivity index (χ1v) is 2.20. The minimum Gasteiger partial charge on any atom is -0.410 e. The average Bonchev–Trinajstić information content (AvgIpc) is 1.90. The minimum absolute atomic E-state index is 0.576. The Kier molecular flexibility index (Phi) is 1.44. The molecule has 0 spiro atoms. The molecule has 8 heavy (non-hydrogen) atoms. The van der Waals surface area contributed by atoms with Crippen molar-refractivity contribution in [2.45, 2.75) is 0 Å². The standard InChI is InChI=1S/C5H6N2O/c6-8-5-2-1-3-7-4-5/h1-4H,6H2. The summed E-state index contributed by atoms with van der Waals surface area (Å²) in [7, 11) is 0. The van der Waals surface area contributed by atoms with Crippen molar-refractivity contribution in [3.63, 3.8) is 0 Å². The van der Waals surface area contributed by atoms with Gasteiger partial charge in [-0.3, -0.25) is 4.98 Å². The van der Waals surface area contributed by atoms with E-state index in [1.54, 1.807) is 24.5 Å². The molecular formula is C5H6N2O. The first-order valence-electron chi connectivity index (χ1n) is 2.20. The predicted molar refractivity (Wildman–Crippen MR) is 29.1 cm³/mol. The summed E-state index contributed by atoms with van der Waals surface area (Å²) in [5.41, 5.74) is 0. The van der Waals surface area contributed by atoms with Gasteiger partial charge in [-0.05, 0) is 12.1 Å². The van der Waals surface area contributed by atoms with Crippen LogP contribution in [0.25, 0.3) is 0 Å². The summed E-state index contributed by atoms with van der Waals surface area (Å²) in [5.74, 6) is 5.39. The molecular weight excluding hydrogens is 104 g/mol. The molecule has 0 atom stereocenters. The van der Waals surface area contributed by atoms with E-state index in [0.717, 1.165) is 0 Å². The summed E-state index contributed by atoms with van der Waals surface area (Å²) in [6, 6.07) is 3.48. The highest BCUT2D eigenvalue weighted by Crippen LogP contribution is 2.01. The Morgan fingerprint density at radius 1 is 1.62 bits per heavy atom. The molecule has 1 aromatic rings. The van der Waals surface area contributed by atoms with E-state index in [9.17, 15) is 0 Å². The Hall–Kier alpha value is -1.09. The van der Waals surface area contributed by atoms with E-state index >= 15 is 0 Å². The van der Waals surface area contributed by atoms with Crippen molar-refractivity contribution in [1.82, 2.24) is 4.98 Å². The fourth-order valence-corrected chi connectivity index (χ4v) is 0.417. The highest BCUT2D eigenvalue weighted by molar-refractivity contribution is 5.14. The molecule has 0 aliphatic carbocycles. The molecule has 0 bridgehead atoms. The van der Waals surface area contributed by atoms with E-state index in [-0.39, 0.29) is 0 Å². The lowest BCUT2D eigenvalue weighted by Gasteiger charge is -1.91. The van der Waals surface area contributed by atoms with Gasteiger partial charge in [-0.25, -0.2) is 0 Å². The van der Waals surface area contributed by atoms with Crippen LogP contribution >= 0.6 is 0 Å². The molecule has 2 N–H and O–H groups in total. The number of nitrogens with two attached hydrogens (primary N) is 1. The second-order valence-corrected chi connectivity index (χ2v) is 1.31. The third-order valence-corrected chi connectivity index (χ3v) is 0.770. The van der Waals surface area contributed by atoms with E-state index in [1.165, 1.54) is 0 Å². The minimum atomic E-state index is 0.576. The number of nitrogens with zero attached hydrogens (tertiary/aromatic N) is 1. The molecule has 0 aliphatic rings. The zero-order valence-corrected chi connectivity index (χ0v) is 4.24. The van der Waals surface area contributed by atoms with Crippen molar-refractivity contribution in [2.75, 3.05) is 0 Å². The number of hydrogen-bond donors (Lipinski definition) is 1. The molecule has 0 unspecified atom stereocenters. The second-order valence-electron chi connectivity index (χ2n) is 1.31. The maximum absolute atomic E-state index is 4.81. The maximum atomic E-state index is 4.81. The molecule has 0 aliphatic heterocycles. The SMILES string of the molecule is NOc1cccnc1. The molecule has 0 fully saturated rings. The van der Waals surface area contributed by atoms with Gasteiger partial charge in [0, 0.05) is 6.20 Å². The van der Waals surface area contributed by atoms with Gasteiger partial charge >= 0.3 is 0 Å². The quantitative estimate of drug-likeness (QED) is 0.530. The largest absolute Gasteiger partial charge is 0.410 e. The van der Waals surface area contributed by atoms with Gasteiger partial charge in [-0.2, -0.15) is 5.90 Å². The lowest BCUT2D eigenvalue weighted by Crippen LogP contribution is -2.01. The highest BCUT2D eigenvalue weighted by atomic mass is 16.6. The molecule has 0 saturated carbocycles. The van der Waals surface area contributed by atoms with Crippen LogP contribution in [0.5, 0.6) is 5.75 Å². The van der Waals surface area contributed by atoms with Crippen LogP contribution in [0, 0.1) is 0 Å². The van der Waals surface area contributed by atoms with Crippen LogP contribution in [-0.4, -0.2) is 4.98 Å². The molecule has 3 heteroatoms. The molecule has 0 radical (unpaired) electrons. The van der Waals surface area contributed by atoms with Gasteiger partial charge in [-0.1, -0.05) is 0 Å². The third kappa shape index (κ3) is 0.946. The smallest absolute Gasteiger partial charge is 0.165 e. The monoisotopic (exact) mass is 110 g/mol. The van der Waals surface area contributed by atoms with Crippen LogP contribution in [-0.2, 0) is 0 Å². The van der Waals surface area contributed by atoms with E-state index in [1.807, 2.05) is 0 Å². The third-order valence-electron chi connectivity index (χ3n) is 0.770. The number of rotatable bonds is 1. The molecule has 42 valence electrons. The lowest BCUT2D eigenvalue weighted by atomic mass is 10.5. The average molecular weight is 110 g/mol. The second kappa shape index (κ2) is 2.28. The molecule has 3 nitrogen and oxygen atoms in total. The summed E-state index contributed by atoms with van der Waals surface area (Å²) in [6.07, 6.45) is 3.20. The van der Waals surface area contributed by atoms with Crippen molar-refractivity contribution >= 4 is 0 Å². The van der Waals surface area contributed by atoms with E-state index in [4.69, 9.17) is 5.90 Å². The topological polar surface area (TPSA) is 48.1 Å². The number of hydrogen-bond acceptors (Lipinski definition) is 3. The van der Waals surface area contributed by atoms with Crippen LogP contribution in [0.4, 0.5) is 0 Å². The summed E-state index contributed by atoms with van der Waals surface area (Å²) < 4.78 is 0. The van der Waals surface area contributed by atoms with E-state index in [2.05, 4.69) is 9.82 Å². The fourth-order valence-electron chi connectivity index (χ4n) is 0.417. The summed E-state index contributed by atoms with van der Waals surface area (Å²) >= 11 is 0. The van der Waals surface area contributed by atoms with Crippen LogP contribution in [0.2, 0.25) is 0 Å². The Morgan fingerprint density at radius 3 is 2.88 bits per heavy atom. The highest BCUT2D eigenvalue weighted by Gasteiger charge is 1.82. The molecule has 0 amide bonds. The van der Waals surface area contributed by atoms with Crippen molar-refractivity contribution in [1.29, 1.82) is 0 Å².